The van der Waals surface area contributed by atoms with Crippen molar-refractivity contribution in [2.24, 2.45) is 0 Å². The topological polar surface area (TPSA) is 152 Å². The number of carbonyl (C=O) groups is 1. The van der Waals surface area contributed by atoms with Gasteiger partial charge in [0, 0.05) is 30.4 Å². The number of benzene rings is 3. The lowest BCUT2D eigenvalue weighted by Crippen LogP contribution is -2.39. The van der Waals surface area contributed by atoms with Crippen LogP contribution < -0.4 is 29.8 Å². The van der Waals surface area contributed by atoms with Crippen LogP contribution in [0.4, 0.5) is 0 Å². The number of ether oxygens (including phenoxy) is 4. The molecule has 1 aliphatic rings. The number of aliphatic carboxylic acids is 1. The van der Waals surface area contributed by atoms with Crippen molar-refractivity contribution in [1.29, 1.82) is 5.26 Å². The molecule has 2 heterocycles. The van der Waals surface area contributed by atoms with E-state index in [9.17, 15) is 25.1 Å². The SMILES string of the molecule is CCc1cc(CN[C@H](CO)C(=O)O)c(OCc2cccc(C#N)c2)cc1OCc1cccn(-c2ccc3c(c2)OCCO3)c1=O. The maximum absolute atomic E-state index is 13.5. The third-order valence-electron chi connectivity index (χ3n) is 7.31. The van der Waals surface area contributed by atoms with Crippen molar-refractivity contribution in [1.82, 2.24) is 9.88 Å². The quantitative estimate of drug-likeness (QED) is 0.204. The predicted molar refractivity (Wildman–Crippen MR) is 164 cm³/mol. The van der Waals surface area contributed by atoms with Gasteiger partial charge in [-0.1, -0.05) is 19.1 Å². The Morgan fingerprint density at radius 1 is 0.978 bits per heavy atom. The molecule has 1 aliphatic heterocycles. The van der Waals surface area contributed by atoms with E-state index in [0.29, 0.717) is 65.0 Å². The van der Waals surface area contributed by atoms with Crippen LogP contribution in [-0.2, 0) is 31.0 Å². The van der Waals surface area contributed by atoms with Crippen molar-refractivity contribution < 1.29 is 34.0 Å². The first-order chi connectivity index (χ1) is 21.9. The van der Waals surface area contributed by atoms with E-state index < -0.39 is 18.6 Å². The van der Waals surface area contributed by atoms with E-state index in [4.69, 9.17) is 18.9 Å². The number of pyridine rings is 1. The fraction of sp³-hybridized carbons (Fsp3) is 0.265. The molecule has 11 nitrogen and oxygen atoms in total. The lowest BCUT2D eigenvalue weighted by molar-refractivity contribution is -0.140. The average molecular weight is 612 g/mol. The molecule has 4 aromatic rings. The zero-order valence-corrected chi connectivity index (χ0v) is 24.7. The third-order valence-corrected chi connectivity index (χ3v) is 7.31. The Morgan fingerprint density at radius 3 is 2.51 bits per heavy atom. The number of carboxylic acid groups (broad SMARTS) is 1. The molecule has 0 fully saturated rings. The Hall–Kier alpha value is -5.31. The van der Waals surface area contributed by atoms with Crippen LogP contribution in [0.5, 0.6) is 23.0 Å². The number of rotatable bonds is 13. The van der Waals surface area contributed by atoms with Crippen LogP contribution >= 0.6 is 0 Å². The second-order valence-corrected chi connectivity index (χ2v) is 10.3. The molecule has 232 valence electrons. The normalized spacial score (nSPS) is 12.6. The Kier molecular flexibility index (Phi) is 9.99. The standard InChI is InChI=1S/C34H33N3O8/c1-2-24-14-26(18-36-28(19-38)34(40)41)31(44-20-23-6-3-5-22(13-23)17-35)16-30(24)45-21-25-7-4-10-37(33(25)39)27-8-9-29-32(15-27)43-12-11-42-29/h3-10,13-16,28,36,38H,2,11-12,18-21H2,1H3,(H,40,41)/t28-/m1/s1. The van der Waals surface area contributed by atoms with Gasteiger partial charge in [-0.05, 0) is 60.0 Å². The molecule has 3 N–H and O–H groups in total. The van der Waals surface area contributed by atoms with Crippen molar-refractivity contribution in [3.8, 4) is 34.8 Å². The Bertz CT molecular complexity index is 1780. The Labute approximate surface area is 259 Å². The molecule has 45 heavy (non-hydrogen) atoms. The van der Waals surface area contributed by atoms with Crippen molar-refractivity contribution >= 4 is 5.97 Å². The maximum Gasteiger partial charge on any atom is 0.323 e. The van der Waals surface area contributed by atoms with Crippen LogP contribution in [0.25, 0.3) is 5.69 Å². The van der Waals surface area contributed by atoms with E-state index in [1.807, 2.05) is 19.1 Å². The summed E-state index contributed by atoms with van der Waals surface area (Å²) < 4.78 is 25.2. The van der Waals surface area contributed by atoms with Gasteiger partial charge in [0.05, 0.1) is 29.5 Å². The van der Waals surface area contributed by atoms with Gasteiger partial charge in [0.15, 0.2) is 11.5 Å². The molecule has 0 unspecified atom stereocenters. The first-order valence-electron chi connectivity index (χ1n) is 14.5. The second-order valence-electron chi connectivity index (χ2n) is 10.3. The summed E-state index contributed by atoms with van der Waals surface area (Å²) in [4.78, 5) is 24.9. The molecule has 0 spiro atoms. The summed E-state index contributed by atoms with van der Waals surface area (Å²) in [7, 11) is 0. The van der Waals surface area contributed by atoms with Crippen LogP contribution in [0.3, 0.4) is 0 Å². The zero-order valence-electron chi connectivity index (χ0n) is 24.7. The van der Waals surface area contributed by atoms with Gasteiger partial charge < -0.3 is 29.2 Å². The highest BCUT2D eigenvalue weighted by Gasteiger charge is 2.19. The van der Waals surface area contributed by atoms with Crippen LogP contribution in [0.15, 0.2) is 77.7 Å². The smallest absolute Gasteiger partial charge is 0.323 e. The molecule has 0 bridgehead atoms. The summed E-state index contributed by atoms with van der Waals surface area (Å²) in [6.45, 7) is 2.54. The van der Waals surface area contributed by atoms with E-state index in [1.165, 1.54) is 4.57 Å². The van der Waals surface area contributed by atoms with Gasteiger partial charge in [0.2, 0.25) is 0 Å². The largest absolute Gasteiger partial charge is 0.488 e. The van der Waals surface area contributed by atoms with Gasteiger partial charge in [0.1, 0.15) is 44.0 Å². The lowest BCUT2D eigenvalue weighted by Gasteiger charge is -2.20. The monoisotopic (exact) mass is 611 g/mol. The summed E-state index contributed by atoms with van der Waals surface area (Å²) in [5.74, 6) is 0.978. The van der Waals surface area contributed by atoms with Crippen molar-refractivity contribution in [2.75, 3.05) is 19.8 Å². The number of hydrogen-bond donors (Lipinski definition) is 3. The summed E-state index contributed by atoms with van der Waals surface area (Å²) in [6, 6.07) is 20.4. The van der Waals surface area contributed by atoms with Crippen molar-refractivity contribution in [3.63, 3.8) is 0 Å². The van der Waals surface area contributed by atoms with E-state index in [-0.39, 0.29) is 25.3 Å². The molecule has 0 saturated carbocycles. The first-order valence-corrected chi connectivity index (χ1v) is 14.5. The van der Waals surface area contributed by atoms with E-state index in [1.54, 1.807) is 60.8 Å². The highest BCUT2D eigenvalue weighted by molar-refractivity contribution is 5.73. The van der Waals surface area contributed by atoms with Gasteiger partial charge in [0.25, 0.3) is 5.56 Å². The number of aliphatic hydroxyl groups is 1. The van der Waals surface area contributed by atoms with Crippen LogP contribution in [0.1, 0.15) is 34.7 Å². The summed E-state index contributed by atoms with van der Waals surface area (Å²) in [5, 5.41) is 31.0. The second kappa shape index (κ2) is 14.4. The van der Waals surface area contributed by atoms with Crippen LogP contribution in [0.2, 0.25) is 0 Å². The van der Waals surface area contributed by atoms with Crippen LogP contribution in [-0.4, -0.2) is 46.6 Å². The number of nitrogens with one attached hydrogen (secondary N) is 1. The molecular weight excluding hydrogens is 578 g/mol. The van der Waals surface area contributed by atoms with Gasteiger partial charge >= 0.3 is 5.97 Å². The van der Waals surface area contributed by atoms with Gasteiger partial charge in [-0.2, -0.15) is 5.26 Å². The molecule has 0 saturated heterocycles. The Balaban J connectivity index is 1.40. The number of carboxylic acids is 1. The number of aliphatic hydroxyl groups excluding tert-OH is 1. The van der Waals surface area contributed by atoms with Crippen molar-refractivity contribution in [2.45, 2.75) is 39.1 Å². The van der Waals surface area contributed by atoms with E-state index in [2.05, 4.69) is 11.4 Å². The highest BCUT2D eigenvalue weighted by atomic mass is 16.6. The number of hydrogen-bond acceptors (Lipinski definition) is 9. The predicted octanol–water partition coefficient (Wildman–Crippen LogP) is 3.74. The minimum atomic E-state index is -1.17. The van der Waals surface area contributed by atoms with Gasteiger partial charge in [-0.25, -0.2) is 0 Å². The molecule has 11 heteroatoms. The third kappa shape index (κ3) is 7.44. The lowest BCUT2D eigenvalue weighted by atomic mass is 10.1. The summed E-state index contributed by atoms with van der Waals surface area (Å²) in [5.41, 5.74) is 3.59. The molecule has 0 radical (unpaired) electrons. The van der Waals surface area contributed by atoms with E-state index in [0.717, 1.165) is 11.1 Å². The number of fused-ring (bicyclic) bond motifs is 1. The van der Waals surface area contributed by atoms with E-state index >= 15 is 0 Å². The number of aromatic nitrogens is 1. The average Bonchev–Trinajstić information content (AvgIpc) is 3.07. The minimum Gasteiger partial charge on any atom is -0.488 e. The first kappa shape index (κ1) is 31.1. The fourth-order valence-electron chi connectivity index (χ4n) is 4.88. The molecule has 1 aromatic heterocycles. The highest BCUT2D eigenvalue weighted by Crippen LogP contribution is 2.33. The molecule has 0 aliphatic carbocycles. The van der Waals surface area contributed by atoms with Gasteiger partial charge in [-0.3, -0.25) is 19.5 Å². The van der Waals surface area contributed by atoms with Gasteiger partial charge in [-0.15, -0.1) is 0 Å². The van der Waals surface area contributed by atoms with Crippen LogP contribution in [0, 0.1) is 11.3 Å². The number of nitrogens with zero attached hydrogens (tertiary/aromatic N) is 2. The number of nitriles is 1. The molecule has 0 amide bonds. The number of aryl methyl sites for hydroxylation is 1. The maximum atomic E-state index is 13.5. The van der Waals surface area contributed by atoms with Crippen molar-refractivity contribution in [3.05, 3.63) is 111 Å². The molecule has 1 atom stereocenters. The minimum absolute atomic E-state index is 0.00984. The molecule has 3 aromatic carbocycles. The Morgan fingerprint density at radius 2 is 1.76 bits per heavy atom. The summed E-state index contributed by atoms with van der Waals surface area (Å²) >= 11 is 0. The zero-order chi connectivity index (χ0) is 31.8. The summed E-state index contributed by atoms with van der Waals surface area (Å²) in [6.07, 6.45) is 2.27. The molecular formula is C34H33N3O8. The molecule has 5 rings (SSSR count). The fourth-order valence-corrected chi connectivity index (χ4v) is 4.88.